The standard InChI is InChI=1S/C12H18FN3O/c1-3-16(8-12(17)15-2)7-9-4-10(13)6-11(14)5-9/h4-6H,3,7-8,14H2,1-2H3,(H,15,17). The van der Waals surface area contributed by atoms with Crippen LogP contribution in [0.15, 0.2) is 18.2 Å². The number of nitrogens with zero attached hydrogens (tertiary/aromatic N) is 1. The van der Waals surface area contributed by atoms with E-state index in [4.69, 9.17) is 5.73 Å². The minimum Gasteiger partial charge on any atom is -0.399 e. The first-order valence-corrected chi connectivity index (χ1v) is 5.53. The molecule has 0 bridgehead atoms. The van der Waals surface area contributed by atoms with Gasteiger partial charge in [-0.1, -0.05) is 6.92 Å². The Balaban J connectivity index is 2.70. The van der Waals surface area contributed by atoms with Crippen LogP contribution in [0.5, 0.6) is 0 Å². The molecule has 5 heteroatoms. The molecule has 0 heterocycles. The van der Waals surface area contributed by atoms with Crippen molar-refractivity contribution in [1.82, 2.24) is 10.2 Å². The Kier molecular flexibility index (Phi) is 4.90. The number of likely N-dealkylation sites (N-methyl/N-ethyl adjacent to an activating group) is 2. The number of hydrogen-bond donors (Lipinski definition) is 2. The lowest BCUT2D eigenvalue weighted by atomic mass is 10.2. The lowest BCUT2D eigenvalue weighted by Gasteiger charge is -2.19. The summed E-state index contributed by atoms with van der Waals surface area (Å²) in [6, 6.07) is 4.43. The van der Waals surface area contributed by atoms with E-state index in [1.807, 2.05) is 11.8 Å². The third-order valence-corrected chi connectivity index (χ3v) is 2.48. The fourth-order valence-electron chi connectivity index (χ4n) is 1.59. The van der Waals surface area contributed by atoms with Crippen LogP contribution in [-0.2, 0) is 11.3 Å². The van der Waals surface area contributed by atoms with Gasteiger partial charge < -0.3 is 11.1 Å². The van der Waals surface area contributed by atoms with Crippen molar-refractivity contribution in [3.05, 3.63) is 29.6 Å². The highest BCUT2D eigenvalue weighted by molar-refractivity contribution is 5.77. The minimum absolute atomic E-state index is 0.0591. The Hall–Kier alpha value is -1.62. The maximum absolute atomic E-state index is 13.1. The summed E-state index contributed by atoms with van der Waals surface area (Å²) >= 11 is 0. The molecule has 0 unspecified atom stereocenters. The summed E-state index contributed by atoms with van der Waals surface area (Å²) in [5.41, 5.74) is 6.74. The molecule has 3 N–H and O–H groups in total. The van der Waals surface area contributed by atoms with Crippen molar-refractivity contribution in [2.45, 2.75) is 13.5 Å². The van der Waals surface area contributed by atoms with Gasteiger partial charge in [-0.3, -0.25) is 9.69 Å². The van der Waals surface area contributed by atoms with Crippen LogP contribution in [-0.4, -0.2) is 30.9 Å². The molecular formula is C12H18FN3O. The highest BCUT2D eigenvalue weighted by Crippen LogP contribution is 2.12. The van der Waals surface area contributed by atoms with E-state index >= 15 is 0 Å². The van der Waals surface area contributed by atoms with Gasteiger partial charge in [0.05, 0.1) is 6.54 Å². The number of nitrogen functional groups attached to an aromatic ring is 1. The van der Waals surface area contributed by atoms with Crippen molar-refractivity contribution >= 4 is 11.6 Å². The molecule has 1 rings (SSSR count). The molecule has 0 aliphatic carbocycles. The Labute approximate surface area is 101 Å². The van der Waals surface area contributed by atoms with Gasteiger partial charge in [-0.15, -0.1) is 0 Å². The van der Waals surface area contributed by atoms with E-state index < -0.39 is 0 Å². The maximum atomic E-state index is 13.1. The largest absolute Gasteiger partial charge is 0.399 e. The fourth-order valence-corrected chi connectivity index (χ4v) is 1.59. The number of halogens is 1. The number of benzene rings is 1. The molecule has 0 saturated carbocycles. The number of amides is 1. The quantitative estimate of drug-likeness (QED) is 0.753. The van der Waals surface area contributed by atoms with Crippen LogP contribution in [0.3, 0.4) is 0 Å². The summed E-state index contributed by atoms with van der Waals surface area (Å²) in [4.78, 5) is 13.2. The molecule has 0 radical (unpaired) electrons. The van der Waals surface area contributed by atoms with Gasteiger partial charge in [-0.05, 0) is 30.3 Å². The van der Waals surface area contributed by atoms with E-state index in [-0.39, 0.29) is 11.7 Å². The van der Waals surface area contributed by atoms with Crippen LogP contribution in [0.1, 0.15) is 12.5 Å². The van der Waals surface area contributed by atoms with Gasteiger partial charge in [0.2, 0.25) is 5.91 Å². The van der Waals surface area contributed by atoms with Crippen molar-refractivity contribution in [3.63, 3.8) is 0 Å². The Morgan fingerprint density at radius 1 is 1.47 bits per heavy atom. The molecule has 17 heavy (non-hydrogen) atoms. The summed E-state index contributed by atoms with van der Waals surface area (Å²) < 4.78 is 13.1. The van der Waals surface area contributed by atoms with E-state index in [1.165, 1.54) is 12.1 Å². The highest BCUT2D eigenvalue weighted by atomic mass is 19.1. The first-order chi connectivity index (χ1) is 8.05. The van der Waals surface area contributed by atoms with Crippen LogP contribution in [0.25, 0.3) is 0 Å². The minimum atomic E-state index is -0.351. The predicted molar refractivity (Wildman–Crippen MR) is 65.8 cm³/mol. The van der Waals surface area contributed by atoms with E-state index in [0.29, 0.717) is 25.3 Å². The van der Waals surface area contributed by atoms with E-state index in [9.17, 15) is 9.18 Å². The van der Waals surface area contributed by atoms with Crippen molar-refractivity contribution in [2.24, 2.45) is 0 Å². The normalized spacial score (nSPS) is 10.6. The molecule has 1 aromatic carbocycles. The second kappa shape index (κ2) is 6.20. The highest BCUT2D eigenvalue weighted by Gasteiger charge is 2.09. The summed E-state index contributed by atoms with van der Waals surface area (Å²) in [7, 11) is 1.59. The number of anilines is 1. The van der Waals surface area contributed by atoms with E-state index in [1.54, 1.807) is 13.1 Å². The number of carbonyl (C=O) groups excluding carboxylic acids is 1. The molecule has 0 saturated heterocycles. The van der Waals surface area contributed by atoms with Gasteiger partial charge in [-0.2, -0.15) is 0 Å². The van der Waals surface area contributed by atoms with E-state index in [0.717, 1.165) is 5.56 Å². The lowest BCUT2D eigenvalue weighted by Crippen LogP contribution is -2.35. The fraction of sp³-hybridized carbons (Fsp3) is 0.417. The number of nitrogens with one attached hydrogen (secondary N) is 1. The van der Waals surface area contributed by atoms with Crippen molar-refractivity contribution < 1.29 is 9.18 Å². The average Bonchev–Trinajstić information content (AvgIpc) is 2.26. The smallest absolute Gasteiger partial charge is 0.233 e. The molecule has 4 nitrogen and oxygen atoms in total. The SMILES string of the molecule is CCN(CC(=O)NC)Cc1cc(N)cc(F)c1. The number of nitrogens with two attached hydrogens (primary N) is 1. The van der Waals surface area contributed by atoms with Crippen LogP contribution < -0.4 is 11.1 Å². The van der Waals surface area contributed by atoms with Crippen LogP contribution in [0, 0.1) is 5.82 Å². The topological polar surface area (TPSA) is 58.4 Å². The van der Waals surface area contributed by atoms with E-state index in [2.05, 4.69) is 5.32 Å². The molecule has 0 spiro atoms. The second-order valence-corrected chi connectivity index (χ2v) is 3.87. The average molecular weight is 239 g/mol. The molecule has 0 fully saturated rings. The monoisotopic (exact) mass is 239 g/mol. The number of rotatable bonds is 5. The van der Waals surface area contributed by atoms with Crippen LogP contribution >= 0.6 is 0 Å². The zero-order chi connectivity index (χ0) is 12.8. The Morgan fingerprint density at radius 2 is 2.18 bits per heavy atom. The van der Waals surface area contributed by atoms with Gasteiger partial charge in [-0.25, -0.2) is 4.39 Å². The molecule has 94 valence electrons. The molecule has 0 aromatic heterocycles. The van der Waals surface area contributed by atoms with Gasteiger partial charge in [0.1, 0.15) is 5.82 Å². The molecule has 1 amide bonds. The Bertz CT molecular complexity index is 375. The number of carbonyl (C=O) groups is 1. The van der Waals surface area contributed by atoms with Crippen molar-refractivity contribution in [1.29, 1.82) is 0 Å². The molecule has 1 aromatic rings. The summed E-state index contributed by atoms with van der Waals surface area (Å²) in [6.45, 7) is 3.46. The third kappa shape index (κ3) is 4.40. The van der Waals surface area contributed by atoms with Gasteiger partial charge in [0.25, 0.3) is 0 Å². The van der Waals surface area contributed by atoms with Crippen LogP contribution in [0.2, 0.25) is 0 Å². The summed E-state index contributed by atoms with van der Waals surface area (Å²) in [5.74, 6) is -0.410. The maximum Gasteiger partial charge on any atom is 0.233 e. The molecule has 0 atom stereocenters. The van der Waals surface area contributed by atoms with Gasteiger partial charge >= 0.3 is 0 Å². The summed E-state index contributed by atoms with van der Waals surface area (Å²) in [6.07, 6.45) is 0. The van der Waals surface area contributed by atoms with Gasteiger partial charge in [0, 0.05) is 19.3 Å². The zero-order valence-electron chi connectivity index (χ0n) is 10.2. The van der Waals surface area contributed by atoms with Crippen LogP contribution in [0.4, 0.5) is 10.1 Å². The molecular weight excluding hydrogens is 221 g/mol. The summed E-state index contributed by atoms with van der Waals surface area (Å²) in [5, 5.41) is 2.56. The first-order valence-electron chi connectivity index (χ1n) is 5.53. The molecule has 0 aliphatic rings. The van der Waals surface area contributed by atoms with Crippen molar-refractivity contribution in [2.75, 3.05) is 25.9 Å². The van der Waals surface area contributed by atoms with Crippen molar-refractivity contribution in [3.8, 4) is 0 Å². The number of hydrogen-bond acceptors (Lipinski definition) is 3. The Morgan fingerprint density at radius 3 is 2.71 bits per heavy atom. The molecule has 0 aliphatic heterocycles. The third-order valence-electron chi connectivity index (χ3n) is 2.48. The zero-order valence-corrected chi connectivity index (χ0v) is 10.2. The first kappa shape index (κ1) is 13.4. The second-order valence-electron chi connectivity index (χ2n) is 3.87. The lowest BCUT2D eigenvalue weighted by molar-refractivity contribution is -0.121. The predicted octanol–water partition coefficient (Wildman–Crippen LogP) is 0.976. The van der Waals surface area contributed by atoms with Gasteiger partial charge in [0.15, 0.2) is 0 Å².